The second-order valence-electron chi connectivity index (χ2n) is 6.19. The van der Waals surface area contributed by atoms with Gasteiger partial charge in [0.05, 0.1) is 6.21 Å². The zero-order chi connectivity index (χ0) is 19.6. The van der Waals surface area contributed by atoms with Crippen LogP contribution in [0.3, 0.4) is 0 Å². The first-order valence-electron chi connectivity index (χ1n) is 9.22. The fraction of sp³-hybridized carbons (Fsp3) is 0.130. The molecule has 5 heteroatoms. The molecule has 0 fully saturated rings. The summed E-state index contributed by atoms with van der Waals surface area (Å²) in [5, 5.41) is 7.29. The van der Waals surface area contributed by atoms with Gasteiger partial charge in [0.2, 0.25) is 0 Å². The predicted octanol–water partition coefficient (Wildman–Crippen LogP) is 4.82. The van der Waals surface area contributed by atoms with Gasteiger partial charge in [-0.05, 0) is 48.4 Å². The van der Waals surface area contributed by atoms with Gasteiger partial charge in [0.25, 0.3) is 5.91 Å². The minimum absolute atomic E-state index is 0.181. The Kier molecular flexibility index (Phi) is 6.79. The molecule has 0 saturated carbocycles. The molecule has 1 atom stereocenters. The van der Waals surface area contributed by atoms with E-state index in [1.165, 1.54) is 0 Å². The first-order valence-corrected chi connectivity index (χ1v) is 9.22. The minimum atomic E-state index is -0.354. The van der Waals surface area contributed by atoms with Crippen molar-refractivity contribution in [2.75, 3.05) is 5.32 Å². The Balaban J connectivity index is 1.57. The second kappa shape index (κ2) is 9.92. The Morgan fingerprint density at radius 1 is 0.964 bits per heavy atom. The van der Waals surface area contributed by atoms with Crippen LogP contribution < -0.4 is 15.5 Å². The van der Waals surface area contributed by atoms with Crippen LogP contribution in [-0.2, 0) is 4.79 Å². The third-order valence-electron chi connectivity index (χ3n) is 4.06. The average molecular weight is 373 g/mol. The number of ether oxygens (including phenoxy) is 1. The molecule has 1 unspecified atom stereocenters. The molecule has 1 amide bonds. The van der Waals surface area contributed by atoms with Crippen LogP contribution in [0, 0.1) is 0 Å². The van der Waals surface area contributed by atoms with Crippen molar-refractivity contribution in [3.63, 3.8) is 0 Å². The number of amides is 1. The first-order chi connectivity index (χ1) is 13.7. The summed E-state index contributed by atoms with van der Waals surface area (Å²) >= 11 is 0. The van der Waals surface area contributed by atoms with Crippen LogP contribution in [0.15, 0.2) is 90.0 Å². The number of carbonyl (C=O) groups excluding carboxylic acids is 1. The standard InChI is InChI=1S/C23H23N3O2/c1-2-22(25-19-11-5-3-6-12-19)23(27)26-24-17-18-10-9-15-21(16-18)28-20-13-7-4-8-14-20/h3-17,22,25H,2H2,1H3,(H,26,27)/b24-17+. The van der Waals surface area contributed by atoms with Gasteiger partial charge in [0, 0.05) is 5.69 Å². The van der Waals surface area contributed by atoms with Gasteiger partial charge in [-0.2, -0.15) is 5.10 Å². The summed E-state index contributed by atoms with van der Waals surface area (Å²) in [7, 11) is 0. The second-order valence-corrected chi connectivity index (χ2v) is 6.19. The molecule has 3 aromatic carbocycles. The number of rotatable bonds is 8. The van der Waals surface area contributed by atoms with Crippen molar-refractivity contribution >= 4 is 17.8 Å². The number of anilines is 1. The van der Waals surface area contributed by atoms with Crippen molar-refractivity contribution in [3.8, 4) is 11.5 Å². The lowest BCUT2D eigenvalue weighted by Crippen LogP contribution is -2.36. The van der Waals surface area contributed by atoms with Gasteiger partial charge >= 0.3 is 0 Å². The Morgan fingerprint density at radius 2 is 1.64 bits per heavy atom. The molecule has 0 heterocycles. The molecule has 3 aromatic rings. The fourth-order valence-corrected chi connectivity index (χ4v) is 2.62. The van der Waals surface area contributed by atoms with Crippen LogP contribution in [0.5, 0.6) is 11.5 Å². The SMILES string of the molecule is CCC(Nc1ccccc1)C(=O)N/N=C/c1cccc(Oc2ccccc2)c1. The highest BCUT2D eigenvalue weighted by molar-refractivity contribution is 5.86. The predicted molar refractivity (Wildman–Crippen MR) is 113 cm³/mol. The normalized spacial score (nSPS) is 11.8. The summed E-state index contributed by atoms with van der Waals surface area (Å²) in [5.41, 5.74) is 4.33. The van der Waals surface area contributed by atoms with E-state index in [1.807, 2.05) is 91.9 Å². The summed E-state index contributed by atoms with van der Waals surface area (Å²) in [5.74, 6) is 1.29. The summed E-state index contributed by atoms with van der Waals surface area (Å²) < 4.78 is 5.81. The molecule has 0 bridgehead atoms. The van der Waals surface area contributed by atoms with E-state index < -0.39 is 0 Å². The van der Waals surface area contributed by atoms with E-state index in [9.17, 15) is 4.79 Å². The molecule has 142 valence electrons. The Bertz CT molecular complexity index is 911. The van der Waals surface area contributed by atoms with Crippen LogP contribution in [0.4, 0.5) is 5.69 Å². The van der Waals surface area contributed by atoms with Crippen LogP contribution in [0.2, 0.25) is 0 Å². The van der Waals surface area contributed by atoms with E-state index >= 15 is 0 Å². The Hall–Kier alpha value is -3.60. The molecule has 28 heavy (non-hydrogen) atoms. The Labute approximate surface area is 165 Å². The number of benzene rings is 3. The molecule has 5 nitrogen and oxygen atoms in total. The van der Waals surface area contributed by atoms with Crippen LogP contribution >= 0.6 is 0 Å². The average Bonchev–Trinajstić information content (AvgIpc) is 2.74. The molecule has 0 aliphatic heterocycles. The fourth-order valence-electron chi connectivity index (χ4n) is 2.62. The van der Waals surface area contributed by atoms with Crippen molar-refractivity contribution in [1.82, 2.24) is 5.43 Å². The molecule has 3 rings (SSSR count). The van der Waals surface area contributed by atoms with Crippen molar-refractivity contribution in [2.24, 2.45) is 5.10 Å². The molecule has 2 N–H and O–H groups in total. The third-order valence-corrected chi connectivity index (χ3v) is 4.06. The number of hydrazone groups is 1. The zero-order valence-electron chi connectivity index (χ0n) is 15.7. The van der Waals surface area contributed by atoms with E-state index in [-0.39, 0.29) is 11.9 Å². The number of hydrogen-bond acceptors (Lipinski definition) is 4. The molecular weight excluding hydrogens is 350 g/mol. The van der Waals surface area contributed by atoms with Gasteiger partial charge < -0.3 is 10.1 Å². The highest BCUT2D eigenvalue weighted by Crippen LogP contribution is 2.21. The maximum Gasteiger partial charge on any atom is 0.262 e. The van der Waals surface area contributed by atoms with Gasteiger partial charge in [0.15, 0.2) is 0 Å². The van der Waals surface area contributed by atoms with Crippen molar-refractivity contribution < 1.29 is 9.53 Å². The molecule has 0 radical (unpaired) electrons. The minimum Gasteiger partial charge on any atom is -0.457 e. The lowest BCUT2D eigenvalue weighted by molar-refractivity contribution is -0.121. The van der Waals surface area contributed by atoms with E-state index in [2.05, 4.69) is 15.8 Å². The summed E-state index contributed by atoms with van der Waals surface area (Å²) in [6, 6.07) is 26.4. The number of para-hydroxylation sites is 2. The third kappa shape index (κ3) is 5.71. The smallest absolute Gasteiger partial charge is 0.262 e. The maximum atomic E-state index is 12.4. The van der Waals surface area contributed by atoms with Gasteiger partial charge in [-0.25, -0.2) is 5.43 Å². The monoisotopic (exact) mass is 373 g/mol. The number of hydrogen-bond donors (Lipinski definition) is 2. The van der Waals surface area contributed by atoms with Crippen molar-refractivity contribution in [3.05, 3.63) is 90.5 Å². The van der Waals surface area contributed by atoms with E-state index in [4.69, 9.17) is 4.74 Å². The van der Waals surface area contributed by atoms with E-state index in [1.54, 1.807) is 6.21 Å². The zero-order valence-corrected chi connectivity index (χ0v) is 15.7. The lowest BCUT2D eigenvalue weighted by Gasteiger charge is -2.16. The van der Waals surface area contributed by atoms with Crippen LogP contribution in [-0.4, -0.2) is 18.2 Å². The number of nitrogens with one attached hydrogen (secondary N) is 2. The summed E-state index contributed by atoms with van der Waals surface area (Å²) in [4.78, 5) is 12.4. The highest BCUT2D eigenvalue weighted by Gasteiger charge is 2.15. The molecule has 0 aliphatic carbocycles. The molecule has 0 spiro atoms. The van der Waals surface area contributed by atoms with Gasteiger partial charge in [-0.3, -0.25) is 4.79 Å². The van der Waals surface area contributed by atoms with Gasteiger partial charge in [-0.15, -0.1) is 0 Å². The molecular formula is C23H23N3O2. The largest absolute Gasteiger partial charge is 0.457 e. The van der Waals surface area contributed by atoms with Crippen LogP contribution in [0.1, 0.15) is 18.9 Å². The van der Waals surface area contributed by atoms with Crippen molar-refractivity contribution in [1.29, 1.82) is 0 Å². The van der Waals surface area contributed by atoms with Gasteiger partial charge in [-0.1, -0.05) is 55.5 Å². The first kappa shape index (κ1) is 19.2. The van der Waals surface area contributed by atoms with Crippen LogP contribution in [0.25, 0.3) is 0 Å². The molecule has 0 aliphatic rings. The lowest BCUT2D eigenvalue weighted by atomic mass is 10.2. The van der Waals surface area contributed by atoms with Crippen molar-refractivity contribution in [2.45, 2.75) is 19.4 Å². The highest BCUT2D eigenvalue weighted by atomic mass is 16.5. The summed E-state index contributed by atoms with van der Waals surface area (Å²) in [6.45, 7) is 1.95. The quantitative estimate of drug-likeness (QED) is 0.439. The van der Waals surface area contributed by atoms with E-state index in [0.717, 1.165) is 17.0 Å². The molecule has 0 saturated heterocycles. The number of carbonyl (C=O) groups is 1. The Morgan fingerprint density at radius 3 is 2.36 bits per heavy atom. The summed E-state index contributed by atoms with van der Waals surface area (Å²) in [6.07, 6.45) is 2.25. The van der Waals surface area contributed by atoms with Gasteiger partial charge in [0.1, 0.15) is 17.5 Å². The topological polar surface area (TPSA) is 62.7 Å². The maximum absolute atomic E-state index is 12.4. The number of nitrogens with zero attached hydrogens (tertiary/aromatic N) is 1. The van der Waals surface area contributed by atoms with E-state index in [0.29, 0.717) is 12.2 Å². The molecule has 0 aromatic heterocycles.